The lowest BCUT2D eigenvalue weighted by molar-refractivity contribution is -0.0217. The van der Waals surface area contributed by atoms with Crippen molar-refractivity contribution in [3.05, 3.63) is 0 Å². The van der Waals surface area contributed by atoms with Crippen LogP contribution in [0.3, 0.4) is 0 Å². The van der Waals surface area contributed by atoms with E-state index in [-0.39, 0.29) is 5.54 Å². The second kappa shape index (κ2) is 3.51. The Labute approximate surface area is 78.1 Å². The van der Waals surface area contributed by atoms with Crippen LogP contribution >= 0.6 is 0 Å². The lowest BCUT2D eigenvalue weighted by Gasteiger charge is -2.52. The third kappa shape index (κ3) is 1.76. The topological polar surface area (TPSA) is 69.8 Å². The SMILES string of the molecule is CN(C)C1(CCN)CN(C(=O)O)C1. The molecular weight excluding hydrogens is 170 g/mol. The van der Waals surface area contributed by atoms with Gasteiger partial charge >= 0.3 is 6.09 Å². The number of carboxylic acid groups (broad SMARTS) is 1. The van der Waals surface area contributed by atoms with Crippen LogP contribution in [0.1, 0.15) is 6.42 Å². The molecular formula is C8H17N3O2. The number of nitrogens with zero attached hydrogens (tertiary/aromatic N) is 2. The van der Waals surface area contributed by atoms with E-state index in [1.54, 1.807) is 0 Å². The van der Waals surface area contributed by atoms with Crippen molar-refractivity contribution in [1.82, 2.24) is 9.80 Å². The van der Waals surface area contributed by atoms with Gasteiger partial charge in [-0.05, 0) is 27.1 Å². The molecule has 0 atom stereocenters. The summed E-state index contributed by atoms with van der Waals surface area (Å²) in [6.07, 6.45) is 0.0125. The van der Waals surface area contributed by atoms with Crippen molar-refractivity contribution in [3.8, 4) is 0 Å². The molecule has 1 saturated heterocycles. The molecule has 0 spiro atoms. The Morgan fingerprint density at radius 2 is 2.15 bits per heavy atom. The highest BCUT2D eigenvalue weighted by Gasteiger charge is 2.46. The smallest absolute Gasteiger partial charge is 0.407 e. The monoisotopic (exact) mass is 187 g/mol. The Hall–Kier alpha value is -0.810. The summed E-state index contributed by atoms with van der Waals surface area (Å²) in [5, 5.41) is 8.69. The van der Waals surface area contributed by atoms with Crippen LogP contribution in [-0.4, -0.2) is 60.3 Å². The van der Waals surface area contributed by atoms with Crippen LogP contribution in [0.25, 0.3) is 0 Å². The standard InChI is InChI=1S/C8H17N3O2/c1-10(2)8(3-4-9)5-11(6-8)7(12)13/h3-6,9H2,1-2H3,(H,12,13). The number of carbonyl (C=O) groups is 1. The van der Waals surface area contributed by atoms with Gasteiger partial charge in [0, 0.05) is 13.1 Å². The van der Waals surface area contributed by atoms with E-state index in [9.17, 15) is 4.79 Å². The summed E-state index contributed by atoms with van der Waals surface area (Å²) < 4.78 is 0. The molecule has 0 aromatic carbocycles. The molecule has 5 nitrogen and oxygen atoms in total. The first kappa shape index (κ1) is 10.3. The van der Waals surface area contributed by atoms with Crippen molar-refractivity contribution in [1.29, 1.82) is 0 Å². The largest absolute Gasteiger partial charge is 0.465 e. The van der Waals surface area contributed by atoms with Gasteiger partial charge in [0.25, 0.3) is 0 Å². The second-order valence-corrected chi connectivity index (χ2v) is 3.80. The molecule has 0 unspecified atom stereocenters. The molecule has 0 aliphatic carbocycles. The molecule has 0 aromatic rings. The van der Waals surface area contributed by atoms with Crippen LogP contribution in [0.5, 0.6) is 0 Å². The minimum absolute atomic E-state index is 0.0207. The van der Waals surface area contributed by atoms with Gasteiger partial charge < -0.3 is 20.6 Å². The summed E-state index contributed by atoms with van der Waals surface area (Å²) in [6.45, 7) is 1.75. The Morgan fingerprint density at radius 1 is 1.62 bits per heavy atom. The number of likely N-dealkylation sites (tertiary alicyclic amines) is 1. The second-order valence-electron chi connectivity index (χ2n) is 3.80. The predicted molar refractivity (Wildman–Crippen MR) is 49.7 cm³/mol. The number of nitrogens with two attached hydrogens (primary N) is 1. The Bertz CT molecular complexity index is 200. The van der Waals surface area contributed by atoms with Gasteiger partial charge in [-0.15, -0.1) is 0 Å². The van der Waals surface area contributed by atoms with Crippen molar-refractivity contribution in [3.63, 3.8) is 0 Å². The maximum atomic E-state index is 10.6. The quantitative estimate of drug-likeness (QED) is 0.632. The van der Waals surface area contributed by atoms with E-state index in [0.717, 1.165) is 6.42 Å². The van der Waals surface area contributed by atoms with Crippen molar-refractivity contribution >= 4 is 6.09 Å². The minimum atomic E-state index is -0.838. The lowest BCUT2D eigenvalue weighted by Crippen LogP contribution is -2.70. The summed E-state index contributed by atoms with van der Waals surface area (Å²) in [5.41, 5.74) is 5.47. The lowest BCUT2D eigenvalue weighted by atomic mass is 9.85. The molecule has 5 heteroatoms. The molecule has 1 rings (SSSR count). The molecule has 1 amide bonds. The summed E-state index contributed by atoms with van der Waals surface area (Å²) >= 11 is 0. The molecule has 1 aliphatic heterocycles. The summed E-state index contributed by atoms with van der Waals surface area (Å²) in [5.74, 6) is 0. The molecule has 13 heavy (non-hydrogen) atoms. The Balaban J connectivity index is 2.52. The van der Waals surface area contributed by atoms with Crippen LogP contribution in [-0.2, 0) is 0 Å². The minimum Gasteiger partial charge on any atom is -0.465 e. The van der Waals surface area contributed by atoms with Gasteiger partial charge in [-0.2, -0.15) is 0 Å². The molecule has 0 saturated carbocycles. The van der Waals surface area contributed by atoms with Gasteiger partial charge in [-0.25, -0.2) is 4.79 Å². The van der Waals surface area contributed by atoms with Gasteiger partial charge in [0.2, 0.25) is 0 Å². The van der Waals surface area contributed by atoms with Crippen LogP contribution in [0, 0.1) is 0 Å². The van der Waals surface area contributed by atoms with Crippen molar-refractivity contribution in [2.75, 3.05) is 33.7 Å². The summed E-state index contributed by atoms with van der Waals surface area (Å²) in [4.78, 5) is 14.1. The van der Waals surface area contributed by atoms with Gasteiger partial charge in [0.1, 0.15) is 0 Å². The maximum absolute atomic E-state index is 10.6. The Morgan fingerprint density at radius 3 is 2.46 bits per heavy atom. The average Bonchev–Trinajstić information content (AvgIpc) is 1.94. The molecule has 3 N–H and O–H groups in total. The fourth-order valence-electron chi connectivity index (χ4n) is 1.73. The van der Waals surface area contributed by atoms with E-state index in [1.165, 1.54) is 4.90 Å². The molecule has 0 aromatic heterocycles. The van der Waals surface area contributed by atoms with E-state index in [4.69, 9.17) is 10.8 Å². The third-order valence-corrected chi connectivity index (χ3v) is 2.80. The van der Waals surface area contributed by atoms with Crippen molar-refractivity contribution in [2.24, 2.45) is 5.73 Å². The number of hydrogen-bond acceptors (Lipinski definition) is 3. The van der Waals surface area contributed by atoms with Crippen molar-refractivity contribution < 1.29 is 9.90 Å². The maximum Gasteiger partial charge on any atom is 0.407 e. The molecule has 1 fully saturated rings. The third-order valence-electron chi connectivity index (χ3n) is 2.80. The highest BCUT2D eigenvalue weighted by Crippen LogP contribution is 2.28. The van der Waals surface area contributed by atoms with Gasteiger partial charge in [-0.3, -0.25) is 0 Å². The van der Waals surface area contributed by atoms with E-state index < -0.39 is 6.09 Å². The predicted octanol–water partition coefficient (Wildman–Crippen LogP) is -0.371. The van der Waals surface area contributed by atoms with E-state index in [0.29, 0.717) is 19.6 Å². The van der Waals surface area contributed by atoms with Gasteiger partial charge in [-0.1, -0.05) is 0 Å². The van der Waals surface area contributed by atoms with Crippen molar-refractivity contribution in [2.45, 2.75) is 12.0 Å². The normalized spacial score (nSPS) is 20.2. The molecule has 1 heterocycles. The molecule has 0 bridgehead atoms. The first-order chi connectivity index (χ1) is 6.02. The number of rotatable bonds is 3. The fourth-order valence-corrected chi connectivity index (χ4v) is 1.73. The van der Waals surface area contributed by atoms with Gasteiger partial charge in [0.05, 0.1) is 5.54 Å². The number of hydrogen-bond donors (Lipinski definition) is 2. The zero-order valence-corrected chi connectivity index (χ0v) is 8.16. The summed E-state index contributed by atoms with van der Waals surface area (Å²) in [6, 6.07) is 0. The Kier molecular flexibility index (Phi) is 2.77. The number of amides is 1. The van der Waals surface area contributed by atoms with Crippen LogP contribution < -0.4 is 5.73 Å². The fraction of sp³-hybridized carbons (Fsp3) is 0.875. The first-order valence-corrected chi connectivity index (χ1v) is 4.37. The zero-order chi connectivity index (χ0) is 10.1. The highest BCUT2D eigenvalue weighted by atomic mass is 16.4. The molecule has 1 aliphatic rings. The van der Waals surface area contributed by atoms with E-state index in [2.05, 4.69) is 4.90 Å². The highest BCUT2D eigenvalue weighted by molar-refractivity contribution is 5.66. The number of likely N-dealkylation sites (N-methyl/N-ethyl adjacent to an activating group) is 1. The molecule has 76 valence electrons. The molecule has 0 radical (unpaired) electrons. The van der Waals surface area contributed by atoms with Crippen LogP contribution in [0.4, 0.5) is 4.79 Å². The zero-order valence-electron chi connectivity index (χ0n) is 8.16. The average molecular weight is 187 g/mol. The first-order valence-electron chi connectivity index (χ1n) is 4.37. The van der Waals surface area contributed by atoms with E-state index in [1.807, 2.05) is 14.1 Å². The van der Waals surface area contributed by atoms with Gasteiger partial charge in [0.15, 0.2) is 0 Å². The van der Waals surface area contributed by atoms with Crippen LogP contribution in [0.2, 0.25) is 0 Å². The van der Waals surface area contributed by atoms with E-state index >= 15 is 0 Å². The van der Waals surface area contributed by atoms with Crippen LogP contribution in [0.15, 0.2) is 0 Å². The summed E-state index contributed by atoms with van der Waals surface area (Å²) in [7, 11) is 3.93.